The van der Waals surface area contributed by atoms with Crippen molar-refractivity contribution in [2.75, 3.05) is 13.1 Å². The normalized spacial score (nSPS) is 47.1. The molecule has 0 spiro atoms. The molecule has 3 fully saturated rings. The standard InChI is InChI=1S/C9H13NO/c11-9(5-1-2-5)8-6-3-10-4-7(6)8/h5-8,10H,1-4H2. The number of fused-ring (bicyclic) bond motifs is 1. The van der Waals surface area contributed by atoms with Crippen LogP contribution in [0, 0.1) is 23.7 Å². The number of ketones is 1. The summed E-state index contributed by atoms with van der Waals surface area (Å²) in [5, 5.41) is 3.31. The Balaban J connectivity index is 1.69. The van der Waals surface area contributed by atoms with Crippen molar-refractivity contribution >= 4 is 5.78 Å². The van der Waals surface area contributed by atoms with Crippen molar-refractivity contribution in [1.82, 2.24) is 5.32 Å². The molecule has 0 aromatic carbocycles. The average Bonchev–Trinajstić information content (AvgIpc) is 2.91. The molecule has 0 amide bonds. The molecule has 1 saturated heterocycles. The van der Waals surface area contributed by atoms with Gasteiger partial charge in [0.2, 0.25) is 0 Å². The molecule has 3 rings (SSSR count). The smallest absolute Gasteiger partial charge is 0.139 e. The zero-order valence-electron chi connectivity index (χ0n) is 6.55. The highest BCUT2D eigenvalue weighted by atomic mass is 16.1. The largest absolute Gasteiger partial charge is 0.316 e. The van der Waals surface area contributed by atoms with E-state index in [0.717, 1.165) is 24.9 Å². The third-order valence-corrected chi connectivity index (χ3v) is 3.40. The molecular formula is C9H13NO. The molecule has 2 aliphatic carbocycles. The second-order valence-electron chi connectivity index (χ2n) is 4.19. The van der Waals surface area contributed by atoms with Crippen molar-refractivity contribution in [3.8, 4) is 0 Å². The number of Topliss-reactive ketones (excluding diaryl/α,β-unsaturated/α-hetero) is 1. The molecule has 3 aliphatic rings. The number of piperidine rings is 1. The first-order chi connectivity index (χ1) is 5.38. The Bertz CT molecular complexity index is 200. The maximum Gasteiger partial charge on any atom is 0.139 e. The number of hydrogen-bond donors (Lipinski definition) is 1. The zero-order chi connectivity index (χ0) is 7.42. The molecule has 2 nitrogen and oxygen atoms in total. The maximum absolute atomic E-state index is 11.6. The molecule has 0 bridgehead atoms. The van der Waals surface area contributed by atoms with Crippen LogP contribution in [0.15, 0.2) is 0 Å². The van der Waals surface area contributed by atoms with Crippen LogP contribution >= 0.6 is 0 Å². The van der Waals surface area contributed by atoms with Gasteiger partial charge in [-0.2, -0.15) is 0 Å². The lowest BCUT2D eigenvalue weighted by Gasteiger charge is -2.00. The van der Waals surface area contributed by atoms with Crippen molar-refractivity contribution in [2.45, 2.75) is 12.8 Å². The van der Waals surface area contributed by atoms with Crippen LogP contribution in [-0.2, 0) is 4.79 Å². The quantitative estimate of drug-likeness (QED) is 0.620. The summed E-state index contributed by atoms with van der Waals surface area (Å²) in [5.41, 5.74) is 0. The minimum Gasteiger partial charge on any atom is -0.316 e. The molecule has 1 heterocycles. The monoisotopic (exact) mass is 151 g/mol. The summed E-state index contributed by atoms with van der Waals surface area (Å²) in [6.45, 7) is 2.21. The fourth-order valence-corrected chi connectivity index (χ4v) is 2.48. The number of hydrogen-bond acceptors (Lipinski definition) is 2. The zero-order valence-corrected chi connectivity index (χ0v) is 6.55. The van der Waals surface area contributed by atoms with Crippen LogP contribution in [0.2, 0.25) is 0 Å². The summed E-state index contributed by atoms with van der Waals surface area (Å²) in [7, 11) is 0. The second kappa shape index (κ2) is 1.86. The van der Waals surface area contributed by atoms with Gasteiger partial charge in [0.05, 0.1) is 0 Å². The molecule has 0 aromatic heterocycles. The summed E-state index contributed by atoms with van der Waals surface area (Å²) in [6.07, 6.45) is 2.37. The second-order valence-corrected chi connectivity index (χ2v) is 4.19. The Morgan fingerprint density at radius 2 is 1.82 bits per heavy atom. The van der Waals surface area contributed by atoms with Gasteiger partial charge in [0.1, 0.15) is 5.78 Å². The fraction of sp³-hybridized carbons (Fsp3) is 0.889. The van der Waals surface area contributed by atoms with Crippen molar-refractivity contribution in [3.05, 3.63) is 0 Å². The van der Waals surface area contributed by atoms with Crippen molar-refractivity contribution in [3.63, 3.8) is 0 Å². The first-order valence-corrected chi connectivity index (χ1v) is 4.62. The lowest BCUT2D eigenvalue weighted by atomic mass is 10.1. The van der Waals surface area contributed by atoms with Crippen LogP contribution in [0.5, 0.6) is 0 Å². The molecule has 2 atom stereocenters. The minimum atomic E-state index is 0.490. The van der Waals surface area contributed by atoms with Crippen molar-refractivity contribution < 1.29 is 4.79 Å². The van der Waals surface area contributed by atoms with Crippen LogP contribution in [0.1, 0.15) is 12.8 Å². The molecule has 60 valence electrons. The number of carbonyl (C=O) groups is 1. The van der Waals surface area contributed by atoms with E-state index in [2.05, 4.69) is 5.32 Å². The van der Waals surface area contributed by atoms with E-state index in [-0.39, 0.29) is 0 Å². The Hall–Kier alpha value is -0.370. The molecule has 2 unspecified atom stereocenters. The first-order valence-electron chi connectivity index (χ1n) is 4.62. The number of nitrogens with one attached hydrogen (secondary N) is 1. The predicted molar refractivity (Wildman–Crippen MR) is 41.1 cm³/mol. The summed E-state index contributed by atoms with van der Waals surface area (Å²) >= 11 is 0. The van der Waals surface area contributed by atoms with Crippen molar-refractivity contribution in [2.24, 2.45) is 23.7 Å². The third kappa shape index (κ3) is 0.791. The molecule has 0 radical (unpaired) electrons. The van der Waals surface area contributed by atoms with E-state index in [1.165, 1.54) is 12.8 Å². The van der Waals surface area contributed by atoms with Gasteiger partial charge in [-0.25, -0.2) is 0 Å². The molecule has 0 aromatic rings. The molecule has 2 heteroatoms. The Kier molecular flexibility index (Phi) is 1.05. The van der Waals surface area contributed by atoms with Crippen molar-refractivity contribution in [1.29, 1.82) is 0 Å². The maximum atomic E-state index is 11.6. The molecule has 2 saturated carbocycles. The lowest BCUT2D eigenvalue weighted by Crippen LogP contribution is -2.19. The van der Waals surface area contributed by atoms with Gasteiger partial charge >= 0.3 is 0 Å². The topological polar surface area (TPSA) is 29.1 Å². The number of carbonyl (C=O) groups excluding carboxylic acids is 1. The van der Waals surface area contributed by atoms with Gasteiger partial charge < -0.3 is 5.32 Å². The molecule has 1 aliphatic heterocycles. The van der Waals surface area contributed by atoms with E-state index in [1.807, 2.05) is 0 Å². The van der Waals surface area contributed by atoms with Gasteiger partial charge in [-0.15, -0.1) is 0 Å². The lowest BCUT2D eigenvalue weighted by molar-refractivity contribution is -0.122. The molecular weight excluding hydrogens is 138 g/mol. The third-order valence-electron chi connectivity index (χ3n) is 3.40. The first kappa shape index (κ1) is 6.18. The Morgan fingerprint density at radius 1 is 1.18 bits per heavy atom. The minimum absolute atomic E-state index is 0.490. The summed E-state index contributed by atoms with van der Waals surface area (Å²) in [5.74, 6) is 3.06. The van der Waals surface area contributed by atoms with Crippen LogP contribution < -0.4 is 5.32 Å². The molecule has 11 heavy (non-hydrogen) atoms. The van der Waals surface area contributed by atoms with E-state index in [1.54, 1.807) is 0 Å². The van der Waals surface area contributed by atoms with Gasteiger partial charge in [0.15, 0.2) is 0 Å². The van der Waals surface area contributed by atoms with Gasteiger partial charge in [-0.3, -0.25) is 4.79 Å². The highest BCUT2D eigenvalue weighted by Gasteiger charge is 2.58. The SMILES string of the molecule is O=C(C1CC1)C1C2CNCC21. The van der Waals surface area contributed by atoms with E-state index in [9.17, 15) is 4.79 Å². The van der Waals surface area contributed by atoms with Gasteiger partial charge in [-0.05, 0) is 37.8 Å². The van der Waals surface area contributed by atoms with Gasteiger partial charge in [0, 0.05) is 11.8 Å². The van der Waals surface area contributed by atoms with Crippen LogP contribution in [-0.4, -0.2) is 18.9 Å². The van der Waals surface area contributed by atoms with Gasteiger partial charge in [0.25, 0.3) is 0 Å². The fourth-order valence-electron chi connectivity index (χ4n) is 2.48. The van der Waals surface area contributed by atoms with E-state index < -0.39 is 0 Å². The van der Waals surface area contributed by atoms with Crippen LogP contribution in [0.25, 0.3) is 0 Å². The van der Waals surface area contributed by atoms with E-state index in [4.69, 9.17) is 0 Å². The predicted octanol–water partition coefficient (Wildman–Crippen LogP) is 0.431. The van der Waals surface area contributed by atoms with E-state index >= 15 is 0 Å². The Morgan fingerprint density at radius 3 is 2.36 bits per heavy atom. The van der Waals surface area contributed by atoms with Crippen LogP contribution in [0.4, 0.5) is 0 Å². The summed E-state index contributed by atoms with van der Waals surface area (Å²) in [6, 6.07) is 0. The Labute approximate surface area is 66.4 Å². The van der Waals surface area contributed by atoms with Gasteiger partial charge in [-0.1, -0.05) is 0 Å². The van der Waals surface area contributed by atoms with Crippen LogP contribution in [0.3, 0.4) is 0 Å². The highest BCUT2D eigenvalue weighted by Crippen LogP contribution is 2.52. The van der Waals surface area contributed by atoms with E-state index in [0.29, 0.717) is 17.6 Å². The number of rotatable bonds is 2. The molecule has 1 N–H and O–H groups in total. The summed E-state index contributed by atoms with van der Waals surface area (Å²) < 4.78 is 0. The average molecular weight is 151 g/mol. The summed E-state index contributed by atoms with van der Waals surface area (Å²) in [4.78, 5) is 11.6. The highest BCUT2D eigenvalue weighted by molar-refractivity contribution is 5.88.